The molecule has 1 aromatic heterocycles. The van der Waals surface area contributed by atoms with Crippen molar-refractivity contribution in [3.05, 3.63) is 12.4 Å². The van der Waals surface area contributed by atoms with Gasteiger partial charge in [0.05, 0.1) is 12.4 Å². The third-order valence-electron chi connectivity index (χ3n) is 4.55. The van der Waals surface area contributed by atoms with Gasteiger partial charge in [0.1, 0.15) is 6.10 Å². The summed E-state index contributed by atoms with van der Waals surface area (Å²) in [6.07, 6.45) is 7.13. The summed E-state index contributed by atoms with van der Waals surface area (Å²) in [6, 6.07) is 0.644. The molecule has 1 heterocycles. The van der Waals surface area contributed by atoms with Crippen LogP contribution in [0.3, 0.4) is 0 Å². The van der Waals surface area contributed by atoms with Crippen molar-refractivity contribution in [2.75, 3.05) is 0 Å². The second kappa shape index (κ2) is 4.92. The monoisotopic (exact) mass is 251 g/mol. The molecule has 1 saturated carbocycles. The van der Waals surface area contributed by atoms with Gasteiger partial charge in [-0.25, -0.2) is 0 Å². The Morgan fingerprint density at radius 3 is 2.61 bits per heavy atom. The van der Waals surface area contributed by atoms with Crippen molar-refractivity contribution in [2.24, 2.45) is 11.1 Å². The van der Waals surface area contributed by atoms with Crippen LogP contribution in [0, 0.1) is 5.41 Å². The van der Waals surface area contributed by atoms with E-state index in [1.807, 2.05) is 10.9 Å². The second-order valence-corrected chi connectivity index (χ2v) is 5.64. The van der Waals surface area contributed by atoms with Crippen molar-refractivity contribution < 1.29 is 4.74 Å². The highest BCUT2D eigenvalue weighted by molar-refractivity contribution is 5.16. The van der Waals surface area contributed by atoms with E-state index in [1.54, 1.807) is 6.20 Å². The minimum atomic E-state index is 0.153. The molecule has 1 aliphatic rings. The van der Waals surface area contributed by atoms with E-state index in [9.17, 15) is 0 Å². The summed E-state index contributed by atoms with van der Waals surface area (Å²) in [6.45, 7) is 8.63. The van der Waals surface area contributed by atoms with Crippen molar-refractivity contribution in [1.29, 1.82) is 0 Å². The Hall–Kier alpha value is -1.03. The molecule has 1 aliphatic carbocycles. The van der Waals surface area contributed by atoms with Crippen LogP contribution in [0.15, 0.2) is 12.4 Å². The van der Waals surface area contributed by atoms with Gasteiger partial charge in [-0.1, -0.05) is 13.8 Å². The van der Waals surface area contributed by atoms with E-state index in [0.717, 1.165) is 25.0 Å². The number of rotatable bonds is 5. The van der Waals surface area contributed by atoms with Gasteiger partial charge in [-0.15, -0.1) is 0 Å². The van der Waals surface area contributed by atoms with Crippen LogP contribution in [0.2, 0.25) is 0 Å². The Labute approximate surface area is 110 Å². The van der Waals surface area contributed by atoms with Crippen molar-refractivity contribution in [2.45, 2.75) is 65.1 Å². The third-order valence-corrected chi connectivity index (χ3v) is 4.55. The molecular formula is C14H25N3O. The summed E-state index contributed by atoms with van der Waals surface area (Å²) >= 11 is 0. The Morgan fingerprint density at radius 1 is 1.50 bits per heavy atom. The van der Waals surface area contributed by atoms with E-state index in [-0.39, 0.29) is 17.6 Å². The molecule has 2 atom stereocenters. The van der Waals surface area contributed by atoms with E-state index in [1.165, 1.54) is 0 Å². The van der Waals surface area contributed by atoms with Crippen LogP contribution in [0.25, 0.3) is 0 Å². The Morgan fingerprint density at radius 2 is 2.17 bits per heavy atom. The largest absolute Gasteiger partial charge is 0.486 e. The van der Waals surface area contributed by atoms with Gasteiger partial charge in [0, 0.05) is 23.9 Å². The van der Waals surface area contributed by atoms with E-state index in [0.29, 0.717) is 6.04 Å². The molecule has 2 rings (SSSR count). The number of ether oxygens (including phenoxy) is 1. The highest BCUT2D eigenvalue weighted by atomic mass is 16.5. The highest BCUT2D eigenvalue weighted by Crippen LogP contribution is 2.47. The molecule has 4 heteroatoms. The fourth-order valence-corrected chi connectivity index (χ4v) is 3.00. The van der Waals surface area contributed by atoms with Crippen LogP contribution in [-0.2, 0) is 0 Å². The topological polar surface area (TPSA) is 53.1 Å². The average Bonchev–Trinajstić information content (AvgIpc) is 2.79. The maximum absolute atomic E-state index is 6.18. The summed E-state index contributed by atoms with van der Waals surface area (Å²) in [5, 5.41) is 4.31. The van der Waals surface area contributed by atoms with Gasteiger partial charge >= 0.3 is 0 Å². The third kappa shape index (κ3) is 2.03. The van der Waals surface area contributed by atoms with Gasteiger partial charge in [-0.3, -0.25) is 4.68 Å². The summed E-state index contributed by atoms with van der Waals surface area (Å²) in [7, 11) is 0. The highest BCUT2D eigenvalue weighted by Gasteiger charge is 2.52. The normalized spacial score (nSPS) is 26.1. The zero-order valence-electron chi connectivity index (χ0n) is 11.9. The summed E-state index contributed by atoms with van der Waals surface area (Å²) < 4.78 is 8.01. The first-order valence-corrected chi connectivity index (χ1v) is 6.99. The standard InChI is InChI=1S/C14H25N3O/c1-5-14(6-2)12(15)7-13(14)18-11-8-16-17(9-11)10(3)4/h8-10,12-13H,5-7,15H2,1-4H3. The Kier molecular flexibility index (Phi) is 3.66. The molecule has 0 amide bonds. The van der Waals surface area contributed by atoms with Crippen LogP contribution < -0.4 is 10.5 Å². The number of aromatic nitrogens is 2. The zero-order chi connectivity index (χ0) is 13.3. The van der Waals surface area contributed by atoms with Crippen LogP contribution in [-0.4, -0.2) is 21.9 Å². The molecule has 4 nitrogen and oxygen atoms in total. The number of hydrogen-bond donors (Lipinski definition) is 1. The molecule has 102 valence electrons. The predicted octanol–water partition coefficient (Wildman–Crippen LogP) is 2.75. The minimum absolute atomic E-state index is 0.153. The van der Waals surface area contributed by atoms with Gasteiger partial charge in [0.15, 0.2) is 5.75 Å². The van der Waals surface area contributed by atoms with E-state index < -0.39 is 0 Å². The summed E-state index contributed by atoms with van der Waals surface area (Å²) in [5.41, 5.74) is 6.33. The van der Waals surface area contributed by atoms with Crippen LogP contribution in [0.5, 0.6) is 5.75 Å². The van der Waals surface area contributed by atoms with Gasteiger partial charge in [0.25, 0.3) is 0 Å². The van der Waals surface area contributed by atoms with Gasteiger partial charge in [-0.2, -0.15) is 5.10 Å². The average molecular weight is 251 g/mol. The smallest absolute Gasteiger partial charge is 0.157 e. The maximum Gasteiger partial charge on any atom is 0.157 e. The van der Waals surface area contributed by atoms with Gasteiger partial charge in [0.2, 0.25) is 0 Å². The first-order valence-electron chi connectivity index (χ1n) is 6.99. The molecule has 1 aromatic rings. The van der Waals surface area contributed by atoms with Crippen LogP contribution in [0.1, 0.15) is 53.0 Å². The Bertz CT molecular complexity index is 395. The molecule has 0 radical (unpaired) electrons. The van der Waals surface area contributed by atoms with Crippen LogP contribution >= 0.6 is 0 Å². The summed E-state index contributed by atoms with van der Waals surface area (Å²) in [4.78, 5) is 0. The molecule has 1 fully saturated rings. The molecule has 2 N–H and O–H groups in total. The number of nitrogens with zero attached hydrogens (tertiary/aromatic N) is 2. The SMILES string of the molecule is CCC1(CC)C(N)CC1Oc1cnn(C(C)C)c1. The van der Waals surface area contributed by atoms with Gasteiger partial charge in [-0.05, 0) is 26.7 Å². The molecule has 0 bridgehead atoms. The summed E-state index contributed by atoms with van der Waals surface area (Å²) in [5.74, 6) is 0.867. The van der Waals surface area contributed by atoms with Crippen molar-refractivity contribution in [1.82, 2.24) is 9.78 Å². The molecule has 18 heavy (non-hydrogen) atoms. The molecule has 2 unspecified atom stereocenters. The van der Waals surface area contributed by atoms with Crippen molar-refractivity contribution >= 4 is 0 Å². The van der Waals surface area contributed by atoms with Crippen LogP contribution in [0.4, 0.5) is 0 Å². The zero-order valence-corrected chi connectivity index (χ0v) is 11.9. The first kappa shape index (κ1) is 13.4. The maximum atomic E-state index is 6.18. The molecular weight excluding hydrogens is 226 g/mol. The molecule has 0 saturated heterocycles. The lowest BCUT2D eigenvalue weighted by Gasteiger charge is -2.53. The second-order valence-electron chi connectivity index (χ2n) is 5.64. The van der Waals surface area contributed by atoms with Crippen molar-refractivity contribution in [3.63, 3.8) is 0 Å². The first-order chi connectivity index (χ1) is 8.53. The lowest BCUT2D eigenvalue weighted by Crippen LogP contribution is -2.62. The number of nitrogens with two attached hydrogens (primary N) is 1. The van der Waals surface area contributed by atoms with E-state index in [2.05, 4.69) is 32.8 Å². The lowest BCUT2D eigenvalue weighted by atomic mass is 9.59. The lowest BCUT2D eigenvalue weighted by molar-refractivity contribution is -0.0722. The van der Waals surface area contributed by atoms with E-state index >= 15 is 0 Å². The van der Waals surface area contributed by atoms with Gasteiger partial charge < -0.3 is 10.5 Å². The fraction of sp³-hybridized carbons (Fsp3) is 0.786. The number of hydrogen-bond acceptors (Lipinski definition) is 3. The van der Waals surface area contributed by atoms with E-state index in [4.69, 9.17) is 10.5 Å². The quantitative estimate of drug-likeness (QED) is 0.875. The molecule has 0 spiro atoms. The molecule has 0 aliphatic heterocycles. The Balaban J connectivity index is 2.05. The minimum Gasteiger partial charge on any atom is -0.486 e. The van der Waals surface area contributed by atoms with Crippen molar-refractivity contribution in [3.8, 4) is 5.75 Å². The molecule has 0 aromatic carbocycles. The fourth-order valence-electron chi connectivity index (χ4n) is 3.00. The predicted molar refractivity (Wildman–Crippen MR) is 72.6 cm³/mol.